The molecule has 1 N–H and O–H groups in total. The summed E-state index contributed by atoms with van der Waals surface area (Å²) < 4.78 is 0. The van der Waals surface area contributed by atoms with Crippen LogP contribution in [0, 0.1) is 10.1 Å². The van der Waals surface area contributed by atoms with Gasteiger partial charge in [-0.25, -0.2) is 0 Å². The lowest BCUT2D eigenvalue weighted by Crippen LogP contribution is -2.20. The van der Waals surface area contributed by atoms with Gasteiger partial charge in [0.1, 0.15) is 0 Å². The SMILES string of the molecule is O=[N+]([O-])/C=C1\NCCN1Cc1ccc(Cl)cc1. The molecule has 0 aromatic heterocycles. The molecule has 1 aliphatic rings. The van der Waals surface area contributed by atoms with E-state index in [0.717, 1.165) is 24.9 Å². The van der Waals surface area contributed by atoms with E-state index in [4.69, 9.17) is 11.6 Å². The summed E-state index contributed by atoms with van der Waals surface area (Å²) in [7, 11) is 0. The van der Waals surface area contributed by atoms with Gasteiger partial charge >= 0.3 is 0 Å². The van der Waals surface area contributed by atoms with Crippen LogP contribution in [0.15, 0.2) is 36.3 Å². The molecular weight excluding hydrogens is 242 g/mol. The second-order valence-corrected chi connectivity index (χ2v) is 4.21. The lowest BCUT2D eigenvalue weighted by atomic mass is 10.2. The Labute approximate surface area is 104 Å². The Kier molecular flexibility index (Phi) is 3.49. The van der Waals surface area contributed by atoms with Crippen LogP contribution < -0.4 is 5.32 Å². The minimum Gasteiger partial charge on any atom is -0.365 e. The molecule has 1 aromatic rings. The lowest BCUT2D eigenvalue weighted by molar-refractivity contribution is -0.404. The minimum absolute atomic E-state index is 0.442. The van der Waals surface area contributed by atoms with Gasteiger partial charge in [-0.15, -0.1) is 0 Å². The van der Waals surface area contributed by atoms with Crippen LogP contribution in [0.1, 0.15) is 5.56 Å². The first kappa shape index (κ1) is 11.7. The first-order chi connectivity index (χ1) is 8.15. The average molecular weight is 254 g/mol. The number of halogens is 1. The number of nitrogens with one attached hydrogen (secondary N) is 1. The molecule has 5 nitrogen and oxygen atoms in total. The second-order valence-electron chi connectivity index (χ2n) is 3.77. The molecular formula is C11H12ClN3O2. The Hall–Kier alpha value is -1.75. The summed E-state index contributed by atoms with van der Waals surface area (Å²) in [6.07, 6.45) is 1.00. The average Bonchev–Trinajstić information content (AvgIpc) is 2.68. The van der Waals surface area contributed by atoms with Crippen molar-refractivity contribution in [1.29, 1.82) is 0 Å². The normalized spacial score (nSPS) is 17.2. The molecule has 6 heteroatoms. The highest BCUT2D eigenvalue weighted by atomic mass is 35.5. The molecule has 0 radical (unpaired) electrons. The zero-order chi connectivity index (χ0) is 12.3. The fourth-order valence-electron chi connectivity index (χ4n) is 1.75. The Bertz CT molecular complexity index is 445. The van der Waals surface area contributed by atoms with Gasteiger partial charge < -0.3 is 10.2 Å². The summed E-state index contributed by atoms with van der Waals surface area (Å²) in [6.45, 7) is 2.14. The molecule has 17 heavy (non-hydrogen) atoms. The smallest absolute Gasteiger partial charge is 0.274 e. The van der Waals surface area contributed by atoms with Crippen LogP contribution in [0.5, 0.6) is 0 Å². The van der Waals surface area contributed by atoms with E-state index in [1.807, 2.05) is 29.2 Å². The third-order valence-corrected chi connectivity index (χ3v) is 2.79. The van der Waals surface area contributed by atoms with Crippen LogP contribution in [0.25, 0.3) is 0 Å². The van der Waals surface area contributed by atoms with Crippen molar-refractivity contribution >= 4 is 11.6 Å². The van der Waals surface area contributed by atoms with E-state index in [0.29, 0.717) is 17.4 Å². The second kappa shape index (κ2) is 5.05. The lowest BCUT2D eigenvalue weighted by Gasteiger charge is -2.16. The highest BCUT2D eigenvalue weighted by Crippen LogP contribution is 2.15. The third kappa shape index (κ3) is 3.10. The number of benzene rings is 1. The molecule has 90 valence electrons. The summed E-state index contributed by atoms with van der Waals surface area (Å²) in [5, 5.41) is 14.1. The highest BCUT2D eigenvalue weighted by molar-refractivity contribution is 6.30. The van der Waals surface area contributed by atoms with E-state index in [1.54, 1.807) is 0 Å². The van der Waals surface area contributed by atoms with Crippen molar-refractivity contribution in [2.24, 2.45) is 0 Å². The van der Waals surface area contributed by atoms with Gasteiger partial charge in [0.25, 0.3) is 6.20 Å². The molecule has 1 fully saturated rings. The number of hydrogen-bond donors (Lipinski definition) is 1. The van der Waals surface area contributed by atoms with Crippen molar-refractivity contribution in [3.8, 4) is 0 Å². The molecule has 0 saturated carbocycles. The zero-order valence-electron chi connectivity index (χ0n) is 9.10. The Morgan fingerprint density at radius 3 is 2.82 bits per heavy atom. The topological polar surface area (TPSA) is 58.4 Å². The number of nitrogens with zero attached hydrogens (tertiary/aromatic N) is 2. The van der Waals surface area contributed by atoms with E-state index < -0.39 is 4.92 Å². The fourth-order valence-corrected chi connectivity index (χ4v) is 1.88. The van der Waals surface area contributed by atoms with E-state index in [-0.39, 0.29) is 0 Å². The monoisotopic (exact) mass is 253 g/mol. The van der Waals surface area contributed by atoms with Crippen molar-refractivity contribution in [2.75, 3.05) is 13.1 Å². The quantitative estimate of drug-likeness (QED) is 0.659. The summed E-state index contributed by atoms with van der Waals surface area (Å²) in [4.78, 5) is 11.9. The summed E-state index contributed by atoms with van der Waals surface area (Å²) in [6, 6.07) is 7.48. The molecule has 0 amide bonds. The molecule has 1 aromatic carbocycles. The molecule has 0 unspecified atom stereocenters. The predicted molar refractivity (Wildman–Crippen MR) is 64.9 cm³/mol. The van der Waals surface area contributed by atoms with Gasteiger partial charge in [-0.2, -0.15) is 0 Å². The van der Waals surface area contributed by atoms with E-state index in [2.05, 4.69) is 5.32 Å². The van der Waals surface area contributed by atoms with Crippen LogP contribution in [0.3, 0.4) is 0 Å². The minimum atomic E-state index is -0.442. The summed E-state index contributed by atoms with van der Waals surface area (Å²) >= 11 is 5.80. The molecule has 0 bridgehead atoms. The van der Waals surface area contributed by atoms with Crippen molar-refractivity contribution in [3.63, 3.8) is 0 Å². The first-order valence-electron chi connectivity index (χ1n) is 5.24. The molecule has 0 atom stereocenters. The maximum absolute atomic E-state index is 10.4. The van der Waals surface area contributed by atoms with Gasteiger partial charge in [0, 0.05) is 24.7 Å². The van der Waals surface area contributed by atoms with Crippen LogP contribution in [-0.2, 0) is 6.54 Å². The maximum Gasteiger partial charge on any atom is 0.274 e. The van der Waals surface area contributed by atoms with Gasteiger partial charge in [-0.3, -0.25) is 10.1 Å². The predicted octanol–water partition coefficient (Wildman–Crippen LogP) is 1.82. The maximum atomic E-state index is 10.4. The van der Waals surface area contributed by atoms with Crippen molar-refractivity contribution in [2.45, 2.75) is 6.54 Å². The molecule has 1 saturated heterocycles. The molecule has 0 spiro atoms. The number of hydrogen-bond acceptors (Lipinski definition) is 4. The van der Waals surface area contributed by atoms with Crippen LogP contribution >= 0.6 is 11.6 Å². The molecule has 1 heterocycles. The van der Waals surface area contributed by atoms with Crippen molar-refractivity contribution in [3.05, 3.63) is 57.0 Å². The van der Waals surface area contributed by atoms with Gasteiger partial charge in [0.15, 0.2) is 5.82 Å². The molecule has 2 rings (SSSR count). The van der Waals surface area contributed by atoms with Crippen LogP contribution in [-0.4, -0.2) is 22.9 Å². The van der Waals surface area contributed by atoms with Gasteiger partial charge in [0.2, 0.25) is 0 Å². The Morgan fingerprint density at radius 2 is 2.18 bits per heavy atom. The zero-order valence-corrected chi connectivity index (χ0v) is 9.85. The largest absolute Gasteiger partial charge is 0.365 e. The third-order valence-electron chi connectivity index (χ3n) is 2.54. The van der Waals surface area contributed by atoms with Crippen molar-refractivity contribution in [1.82, 2.24) is 10.2 Å². The summed E-state index contributed by atoms with van der Waals surface area (Å²) in [5.74, 6) is 0.560. The standard InChI is InChI=1S/C11H12ClN3O2/c12-10-3-1-9(2-4-10)7-14-6-5-13-11(14)8-15(16)17/h1-4,8,13H,5-7H2/b11-8+. The van der Waals surface area contributed by atoms with Crippen LogP contribution in [0.2, 0.25) is 5.02 Å². The van der Waals surface area contributed by atoms with Gasteiger partial charge in [-0.1, -0.05) is 23.7 Å². The highest BCUT2D eigenvalue weighted by Gasteiger charge is 2.19. The van der Waals surface area contributed by atoms with E-state index in [9.17, 15) is 10.1 Å². The summed E-state index contributed by atoms with van der Waals surface area (Å²) in [5.41, 5.74) is 1.08. The fraction of sp³-hybridized carbons (Fsp3) is 0.273. The van der Waals surface area contributed by atoms with E-state index in [1.165, 1.54) is 0 Å². The molecule has 0 aliphatic carbocycles. The number of nitro groups is 1. The van der Waals surface area contributed by atoms with Gasteiger partial charge in [0.05, 0.1) is 4.92 Å². The van der Waals surface area contributed by atoms with Gasteiger partial charge in [-0.05, 0) is 17.7 Å². The number of rotatable bonds is 3. The Morgan fingerprint density at radius 1 is 1.47 bits per heavy atom. The Balaban J connectivity index is 2.07. The molecule has 1 aliphatic heterocycles. The van der Waals surface area contributed by atoms with Crippen LogP contribution in [0.4, 0.5) is 0 Å². The van der Waals surface area contributed by atoms with E-state index >= 15 is 0 Å². The first-order valence-corrected chi connectivity index (χ1v) is 5.61. The van der Waals surface area contributed by atoms with Crippen molar-refractivity contribution < 1.29 is 4.92 Å².